The van der Waals surface area contributed by atoms with Crippen molar-refractivity contribution in [2.75, 3.05) is 31.2 Å². The van der Waals surface area contributed by atoms with E-state index in [0.29, 0.717) is 6.54 Å². The Labute approximate surface area is 124 Å². The molecule has 0 saturated carbocycles. The first kappa shape index (κ1) is 15.9. The van der Waals surface area contributed by atoms with E-state index in [4.69, 9.17) is 27.8 Å². The molecule has 0 radical (unpaired) electrons. The van der Waals surface area contributed by atoms with Crippen LogP contribution < -0.4 is 10.6 Å². The van der Waals surface area contributed by atoms with Crippen molar-refractivity contribution < 1.29 is 23.0 Å². The predicted octanol–water partition coefficient (Wildman–Crippen LogP) is 0.932. The molecule has 1 aliphatic heterocycles. The number of aromatic nitrogens is 1. The van der Waals surface area contributed by atoms with Crippen LogP contribution in [0.3, 0.4) is 0 Å². The summed E-state index contributed by atoms with van der Waals surface area (Å²) in [5, 5.41) is 9.12. The Morgan fingerprint density at radius 3 is 2.81 bits per heavy atom. The number of hydrogen-bond acceptors (Lipinski definition) is 5. The fourth-order valence-electron chi connectivity index (χ4n) is 2.06. The van der Waals surface area contributed by atoms with Crippen LogP contribution in [-0.4, -0.2) is 47.5 Å². The Bertz CT molecular complexity index is 539. The van der Waals surface area contributed by atoms with E-state index in [0.717, 1.165) is 6.07 Å². The molecule has 0 bridgehead atoms. The minimum atomic E-state index is -4.55. The summed E-state index contributed by atoms with van der Waals surface area (Å²) >= 11 is 4.86. The van der Waals surface area contributed by atoms with Gasteiger partial charge in [-0.3, -0.25) is 0 Å². The van der Waals surface area contributed by atoms with Gasteiger partial charge in [-0.1, -0.05) is 12.2 Å². The van der Waals surface area contributed by atoms with E-state index >= 15 is 0 Å². The average molecular weight is 321 g/mol. The molecule has 1 fully saturated rings. The summed E-state index contributed by atoms with van der Waals surface area (Å²) in [6.45, 7) is 0.624. The second kappa shape index (κ2) is 6.12. The van der Waals surface area contributed by atoms with Crippen molar-refractivity contribution in [2.24, 2.45) is 5.73 Å². The molecule has 0 aromatic carbocycles. The van der Waals surface area contributed by atoms with Gasteiger partial charge in [-0.05, 0) is 12.1 Å². The molecule has 1 aromatic heterocycles. The quantitative estimate of drug-likeness (QED) is 0.807. The lowest BCUT2D eigenvalue weighted by atomic mass is 10.2. The van der Waals surface area contributed by atoms with E-state index in [2.05, 4.69) is 4.98 Å². The van der Waals surface area contributed by atoms with Crippen LogP contribution in [0.4, 0.5) is 19.0 Å². The number of aliphatic hydroxyl groups is 1. The molecule has 1 aromatic rings. The number of pyridine rings is 1. The maximum absolute atomic E-state index is 12.8. The van der Waals surface area contributed by atoms with Gasteiger partial charge in [0.05, 0.1) is 24.9 Å². The summed E-state index contributed by atoms with van der Waals surface area (Å²) in [6.07, 6.45) is -5.03. The first-order valence-corrected chi connectivity index (χ1v) is 6.59. The van der Waals surface area contributed by atoms with Gasteiger partial charge in [-0.25, -0.2) is 4.98 Å². The van der Waals surface area contributed by atoms with E-state index in [1.807, 2.05) is 0 Å². The van der Waals surface area contributed by atoms with Crippen LogP contribution in [0.2, 0.25) is 0 Å². The Morgan fingerprint density at radius 2 is 2.24 bits per heavy atom. The number of morpholine rings is 1. The highest BCUT2D eigenvalue weighted by Gasteiger charge is 2.34. The number of nitrogens with two attached hydrogens (primary N) is 1. The molecule has 3 N–H and O–H groups in total. The highest BCUT2D eigenvalue weighted by molar-refractivity contribution is 7.80. The number of ether oxygens (including phenoxy) is 1. The van der Waals surface area contributed by atoms with Gasteiger partial charge in [0.25, 0.3) is 0 Å². The lowest BCUT2D eigenvalue weighted by Gasteiger charge is -2.34. The molecule has 0 amide bonds. The molecule has 21 heavy (non-hydrogen) atoms. The smallest absolute Gasteiger partial charge is 0.394 e. The zero-order valence-electron chi connectivity index (χ0n) is 10.9. The minimum Gasteiger partial charge on any atom is -0.394 e. The highest BCUT2D eigenvalue weighted by Crippen LogP contribution is 2.31. The van der Waals surface area contributed by atoms with Crippen molar-refractivity contribution in [2.45, 2.75) is 12.3 Å². The molecular formula is C12H14F3N3O2S. The molecule has 116 valence electrons. The summed E-state index contributed by atoms with van der Waals surface area (Å²) in [7, 11) is 0. The summed E-state index contributed by atoms with van der Waals surface area (Å²) in [6, 6.07) is 2.07. The van der Waals surface area contributed by atoms with Gasteiger partial charge in [-0.2, -0.15) is 13.2 Å². The first-order valence-electron chi connectivity index (χ1n) is 6.18. The maximum atomic E-state index is 12.8. The molecule has 1 unspecified atom stereocenters. The third-order valence-electron chi connectivity index (χ3n) is 3.07. The molecule has 1 aliphatic rings. The van der Waals surface area contributed by atoms with Crippen molar-refractivity contribution in [1.29, 1.82) is 0 Å². The third kappa shape index (κ3) is 3.60. The Kier molecular flexibility index (Phi) is 4.64. The van der Waals surface area contributed by atoms with Gasteiger partial charge in [-0.15, -0.1) is 0 Å². The molecule has 5 nitrogen and oxygen atoms in total. The predicted molar refractivity (Wildman–Crippen MR) is 74.2 cm³/mol. The van der Waals surface area contributed by atoms with Crippen LogP contribution in [0.5, 0.6) is 0 Å². The molecular weight excluding hydrogens is 307 g/mol. The minimum absolute atomic E-state index is 0.0294. The SMILES string of the molecule is NC(=S)c1ccc(C(F)(F)F)nc1N1CCOC(CO)C1. The molecule has 0 spiro atoms. The van der Waals surface area contributed by atoms with Crippen LogP contribution in [0.15, 0.2) is 12.1 Å². The Balaban J connectivity index is 2.41. The van der Waals surface area contributed by atoms with Gasteiger partial charge < -0.3 is 20.5 Å². The van der Waals surface area contributed by atoms with Gasteiger partial charge in [0.15, 0.2) is 0 Å². The molecule has 1 atom stereocenters. The number of aliphatic hydroxyl groups excluding tert-OH is 1. The monoisotopic (exact) mass is 321 g/mol. The number of alkyl halides is 3. The second-order valence-electron chi connectivity index (χ2n) is 4.55. The van der Waals surface area contributed by atoms with Crippen LogP contribution in [0.1, 0.15) is 11.3 Å². The van der Waals surface area contributed by atoms with E-state index in [1.165, 1.54) is 6.07 Å². The van der Waals surface area contributed by atoms with Crippen LogP contribution in [0.25, 0.3) is 0 Å². The largest absolute Gasteiger partial charge is 0.433 e. The Hall–Kier alpha value is -1.45. The molecule has 2 rings (SSSR count). The summed E-state index contributed by atoms with van der Waals surface area (Å²) in [5.74, 6) is 0.0686. The van der Waals surface area contributed by atoms with Gasteiger partial charge in [0, 0.05) is 13.1 Å². The number of halogens is 3. The number of anilines is 1. The van der Waals surface area contributed by atoms with Crippen molar-refractivity contribution in [1.82, 2.24) is 4.98 Å². The summed E-state index contributed by atoms with van der Waals surface area (Å²) in [5.41, 5.74) is 4.82. The molecule has 1 saturated heterocycles. The standard InChI is InChI=1S/C12H14F3N3O2S/c13-12(14,15)9-2-1-8(10(16)21)11(17-9)18-3-4-20-7(5-18)6-19/h1-2,7,19H,3-6H2,(H2,16,21). The Morgan fingerprint density at radius 1 is 1.52 bits per heavy atom. The normalized spacial score (nSPS) is 19.6. The van der Waals surface area contributed by atoms with E-state index in [-0.39, 0.29) is 36.1 Å². The second-order valence-corrected chi connectivity index (χ2v) is 4.99. The van der Waals surface area contributed by atoms with Gasteiger partial charge in [0.2, 0.25) is 0 Å². The van der Waals surface area contributed by atoms with Crippen molar-refractivity contribution in [3.05, 3.63) is 23.4 Å². The van der Waals surface area contributed by atoms with E-state index in [1.54, 1.807) is 4.90 Å². The van der Waals surface area contributed by atoms with Crippen molar-refractivity contribution in [3.63, 3.8) is 0 Å². The fourth-order valence-corrected chi connectivity index (χ4v) is 2.22. The lowest BCUT2D eigenvalue weighted by Crippen LogP contribution is -2.45. The first-order chi connectivity index (χ1) is 9.82. The third-order valence-corrected chi connectivity index (χ3v) is 3.29. The van der Waals surface area contributed by atoms with Crippen LogP contribution in [0, 0.1) is 0 Å². The van der Waals surface area contributed by atoms with Crippen LogP contribution >= 0.6 is 12.2 Å². The number of hydrogen-bond donors (Lipinski definition) is 2. The number of rotatable bonds is 3. The molecule has 2 heterocycles. The topological polar surface area (TPSA) is 71.6 Å². The molecule has 0 aliphatic carbocycles. The zero-order valence-corrected chi connectivity index (χ0v) is 11.7. The average Bonchev–Trinajstić information content (AvgIpc) is 2.45. The maximum Gasteiger partial charge on any atom is 0.433 e. The highest BCUT2D eigenvalue weighted by atomic mass is 32.1. The van der Waals surface area contributed by atoms with Crippen LogP contribution in [-0.2, 0) is 10.9 Å². The summed E-state index contributed by atoms with van der Waals surface area (Å²) in [4.78, 5) is 5.22. The molecule has 9 heteroatoms. The lowest BCUT2D eigenvalue weighted by molar-refractivity contribution is -0.141. The fraction of sp³-hybridized carbons (Fsp3) is 0.500. The van der Waals surface area contributed by atoms with E-state index < -0.39 is 18.0 Å². The summed E-state index contributed by atoms with van der Waals surface area (Å²) < 4.78 is 43.7. The van der Waals surface area contributed by atoms with Crippen molar-refractivity contribution >= 4 is 23.0 Å². The number of thiocarbonyl (C=S) groups is 1. The van der Waals surface area contributed by atoms with Gasteiger partial charge in [0.1, 0.15) is 16.5 Å². The van der Waals surface area contributed by atoms with Crippen molar-refractivity contribution in [3.8, 4) is 0 Å². The van der Waals surface area contributed by atoms with Gasteiger partial charge >= 0.3 is 6.18 Å². The zero-order chi connectivity index (χ0) is 15.6. The number of nitrogens with zero attached hydrogens (tertiary/aromatic N) is 2. The van der Waals surface area contributed by atoms with E-state index in [9.17, 15) is 13.2 Å².